The van der Waals surface area contributed by atoms with Gasteiger partial charge in [-0.25, -0.2) is 0 Å². The minimum atomic E-state index is -0.378. The molecule has 0 unspecified atom stereocenters. The fourth-order valence-electron chi connectivity index (χ4n) is 3.03. The third-order valence-electron chi connectivity index (χ3n) is 4.36. The summed E-state index contributed by atoms with van der Waals surface area (Å²) in [7, 11) is 0. The van der Waals surface area contributed by atoms with Crippen LogP contribution >= 0.6 is 11.8 Å². The molecule has 4 rings (SSSR count). The molecule has 0 spiro atoms. The molecule has 3 aromatic carbocycles. The maximum atomic E-state index is 11.7. The standard InChI is InChI=1S/C22H14N2O3S/c1-13-10-14(11-20-21(25)24-22(26)28-20)6-8-18(13)27-19-9-7-15(12-23)16-4-2-3-5-17(16)19/h2-11H,1H3,(H,24,25,26)/b20-11+. The molecule has 1 N–H and O–H groups in total. The summed E-state index contributed by atoms with van der Waals surface area (Å²) in [5.74, 6) is 0.966. The first-order chi connectivity index (χ1) is 13.5. The van der Waals surface area contributed by atoms with Crippen molar-refractivity contribution in [2.75, 3.05) is 0 Å². The van der Waals surface area contributed by atoms with Crippen LogP contribution in [0, 0.1) is 18.3 Å². The second-order valence-electron chi connectivity index (χ2n) is 6.25. The predicted molar refractivity (Wildman–Crippen MR) is 109 cm³/mol. The Balaban J connectivity index is 1.66. The van der Waals surface area contributed by atoms with E-state index >= 15 is 0 Å². The first-order valence-corrected chi connectivity index (χ1v) is 9.32. The number of hydrogen-bond acceptors (Lipinski definition) is 5. The Kier molecular flexibility index (Phi) is 4.60. The molecular weight excluding hydrogens is 372 g/mol. The molecule has 1 fully saturated rings. The number of carbonyl (C=O) groups excluding carboxylic acids is 2. The van der Waals surface area contributed by atoms with E-state index in [1.54, 1.807) is 18.2 Å². The van der Waals surface area contributed by atoms with Crippen molar-refractivity contribution in [3.63, 3.8) is 0 Å². The number of imide groups is 1. The van der Waals surface area contributed by atoms with Gasteiger partial charge in [-0.15, -0.1) is 0 Å². The van der Waals surface area contributed by atoms with Gasteiger partial charge in [-0.1, -0.05) is 30.3 Å². The van der Waals surface area contributed by atoms with Crippen molar-refractivity contribution in [3.05, 3.63) is 76.2 Å². The second-order valence-corrected chi connectivity index (χ2v) is 7.26. The van der Waals surface area contributed by atoms with Gasteiger partial charge in [0, 0.05) is 10.8 Å². The average molecular weight is 386 g/mol. The maximum Gasteiger partial charge on any atom is 0.290 e. The zero-order chi connectivity index (χ0) is 19.7. The number of nitrogens with zero attached hydrogens (tertiary/aromatic N) is 1. The summed E-state index contributed by atoms with van der Waals surface area (Å²) in [6.07, 6.45) is 1.68. The number of ether oxygens (including phenoxy) is 1. The van der Waals surface area contributed by atoms with Gasteiger partial charge >= 0.3 is 0 Å². The molecule has 1 saturated heterocycles. The zero-order valence-corrected chi connectivity index (χ0v) is 15.7. The van der Waals surface area contributed by atoms with Gasteiger partial charge in [-0.2, -0.15) is 5.26 Å². The lowest BCUT2D eigenvalue weighted by Crippen LogP contribution is -2.17. The van der Waals surface area contributed by atoms with Gasteiger partial charge in [-0.05, 0) is 60.2 Å². The Hall–Kier alpha value is -3.56. The molecule has 2 amide bonds. The van der Waals surface area contributed by atoms with Gasteiger partial charge in [0.15, 0.2) is 0 Å². The molecule has 0 radical (unpaired) electrons. The number of fused-ring (bicyclic) bond motifs is 1. The van der Waals surface area contributed by atoms with E-state index in [4.69, 9.17) is 4.74 Å². The summed E-state index contributed by atoms with van der Waals surface area (Å²) in [5.41, 5.74) is 2.29. The highest BCUT2D eigenvalue weighted by atomic mass is 32.2. The van der Waals surface area contributed by atoms with Crippen molar-refractivity contribution in [1.29, 1.82) is 5.26 Å². The van der Waals surface area contributed by atoms with Crippen LogP contribution in [0.5, 0.6) is 11.5 Å². The molecule has 6 heteroatoms. The highest BCUT2D eigenvalue weighted by Crippen LogP contribution is 2.34. The molecule has 0 aliphatic carbocycles. The van der Waals surface area contributed by atoms with E-state index < -0.39 is 0 Å². The molecule has 0 aromatic heterocycles. The number of nitriles is 1. The molecule has 5 nitrogen and oxygen atoms in total. The minimum Gasteiger partial charge on any atom is -0.456 e. The van der Waals surface area contributed by atoms with Crippen LogP contribution in [0.3, 0.4) is 0 Å². The molecule has 0 bridgehead atoms. The largest absolute Gasteiger partial charge is 0.456 e. The topological polar surface area (TPSA) is 79.2 Å². The predicted octanol–water partition coefficient (Wildman–Crippen LogP) is 5.14. The number of rotatable bonds is 3. The number of benzene rings is 3. The van der Waals surface area contributed by atoms with E-state index in [9.17, 15) is 14.9 Å². The number of nitrogens with one attached hydrogen (secondary N) is 1. The molecule has 28 heavy (non-hydrogen) atoms. The normalized spacial score (nSPS) is 14.9. The lowest BCUT2D eigenvalue weighted by molar-refractivity contribution is -0.115. The number of amides is 2. The van der Waals surface area contributed by atoms with Crippen molar-refractivity contribution in [2.24, 2.45) is 0 Å². The number of carbonyl (C=O) groups is 2. The zero-order valence-electron chi connectivity index (χ0n) is 14.9. The van der Waals surface area contributed by atoms with Gasteiger partial charge in [0.05, 0.1) is 16.5 Å². The lowest BCUT2D eigenvalue weighted by Gasteiger charge is -2.12. The molecular formula is C22H14N2O3S. The Bertz CT molecular complexity index is 1210. The Morgan fingerprint density at radius 3 is 2.46 bits per heavy atom. The first kappa shape index (κ1) is 17.8. The van der Waals surface area contributed by atoms with Gasteiger partial charge < -0.3 is 4.74 Å². The van der Waals surface area contributed by atoms with Crippen LogP contribution in [0.15, 0.2) is 59.5 Å². The Morgan fingerprint density at radius 2 is 1.79 bits per heavy atom. The number of thioether (sulfide) groups is 1. The van der Waals surface area contributed by atoms with Gasteiger partial charge in [-0.3, -0.25) is 14.9 Å². The molecule has 0 saturated carbocycles. The summed E-state index contributed by atoms with van der Waals surface area (Å²) in [6.45, 7) is 1.91. The van der Waals surface area contributed by atoms with Gasteiger partial charge in [0.2, 0.25) is 0 Å². The van der Waals surface area contributed by atoms with E-state index in [-0.39, 0.29) is 11.1 Å². The van der Waals surface area contributed by atoms with Crippen LogP contribution in [-0.4, -0.2) is 11.1 Å². The van der Waals surface area contributed by atoms with E-state index in [2.05, 4.69) is 11.4 Å². The van der Waals surface area contributed by atoms with Crippen LogP contribution in [0.4, 0.5) is 4.79 Å². The van der Waals surface area contributed by atoms with Gasteiger partial charge in [0.25, 0.3) is 11.1 Å². The highest BCUT2D eigenvalue weighted by Gasteiger charge is 2.24. The van der Waals surface area contributed by atoms with Crippen molar-refractivity contribution in [1.82, 2.24) is 5.32 Å². The summed E-state index contributed by atoms with van der Waals surface area (Å²) in [6, 6.07) is 18.9. The van der Waals surface area contributed by atoms with Crippen LogP contribution < -0.4 is 10.1 Å². The lowest BCUT2D eigenvalue weighted by atomic mass is 10.0. The number of aryl methyl sites for hydroxylation is 1. The van der Waals surface area contributed by atoms with E-state index in [0.29, 0.717) is 22.0 Å². The average Bonchev–Trinajstić information content (AvgIpc) is 3.01. The third kappa shape index (κ3) is 3.36. The minimum absolute atomic E-state index is 0.361. The monoisotopic (exact) mass is 386 g/mol. The van der Waals surface area contributed by atoms with E-state index in [1.807, 2.05) is 49.4 Å². The molecule has 136 valence electrons. The summed E-state index contributed by atoms with van der Waals surface area (Å²) < 4.78 is 6.12. The Labute approximate surface area is 165 Å². The van der Waals surface area contributed by atoms with E-state index in [0.717, 1.165) is 33.7 Å². The quantitative estimate of drug-likeness (QED) is 0.631. The summed E-state index contributed by atoms with van der Waals surface area (Å²) in [5, 5.41) is 12.9. The summed E-state index contributed by atoms with van der Waals surface area (Å²) in [4.78, 5) is 23.3. The first-order valence-electron chi connectivity index (χ1n) is 8.50. The smallest absolute Gasteiger partial charge is 0.290 e. The van der Waals surface area contributed by atoms with Crippen molar-refractivity contribution in [3.8, 4) is 17.6 Å². The SMILES string of the molecule is Cc1cc(/C=C2/SC(=O)NC2=O)ccc1Oc1ccc(C#N)c2ccccc12. The Morgan fingerprint density at radius 1 is 1.04 bits per heavy atom. The number of hydrogen-bond donors (Lipinski definition) is 1. The van der Waals surface area contributed by atoms with Crippen LogP contribution in [0.25, 0.3) is 16.8 Å². The maximum absolute atomic E-state index is 11.7. The molecule has 1 aliphatic rings. The molecule has 1 heterocycles. The van der Waals surface area contributed by atoms with Crippen LogP contribution in [0.2, 0.25) is 0 Å². The van der Waals surface area contributed by atoms with Crippen molar-refractivity contribution < 1.29 is 14.3 Å². The molecule has 3 aromatic rings. The van der Waals surface area contributed by atoms with Crippen molar-refractivity contribution in [2.45, 2.75) is 6.92 Å². The molecule has 1 aliphatic heterocycles. The summed E-state index contributed by atoms with van der Waals surface area (Å²) >= 11 is 0.890. The van der Waals surface area contributed by atoms with Crippen LogP contribution in [0.1, 0.15) is 16.7 Å². The molecule has 0 atom stereocenters. The van der Waals surface area contributed by atoms with Crippen molar-refractivity contribution >= 4 is 39.8 Å². The fraction of sp³-hybridized carbons (Fsp3) is 0.0455. The van der Waals surface area contributed by atoms with Gasteiger partial charge in [0.1, 0.15) is 11.5 Å². The van der Waals surface area contributed by atoms with E-state index in [1.165, 1.54) is 0 Å². The highest BCUT2D eigenvalue weighted by molar-refractivity contribution is 8.18. The second kappa shape index (κ2) is 7.22. The third-order valence-corrected chi connectivity index (χ3v) is 5.17. The van der Waals surface area contributed by atoms with Crippen LogP contribution in [-0.2, 0) is 4.79 Å². The fourth-order valence-corrected chi connectivity index (χ4v) is 3.71.